The second-order valence-electron chi connectivity index (χ2n) is 6.43. The molecule has 0 saturated carbocycles. The van der Waals surface area contributed by atoms with E-state index in [4.69, 9.17) is 14.0 Å². The average molecular weight is 344 g/mol. The maximum atomic E-state index is 12.4. The molecule has 0 radical (unpaired) electrons. The summed E-state index contributed by atoms with van der Waals surface area (Å²) < 4.78 is 16.4. The molecule has 0 N–H and O–H groups in total. The smallest absolute Gasteiger partial charge is 0.227 e. The standard InChI is InChI=1S/C19H24N2O4/c1-13-11-21(8-9-23-13)19(22)10-16-4-6-17(7-5-16)24-12-18-14(2)20-25-15(18)3/h4-7,13H,8-12H2,1-3H3. The van der Waals surface area contributed by atoms with Gasteiger partial charge in [-0.3, -0.25) is 4.79 Å². The summed E-state index contributed by atoms with van der Waals surface area (Å²) in [7, 11) is 0. The van der Waals surface area contributed by atoms with E-state index < -0.39 is 0 Å². The molecule has 25 heavy (non-hydrogen) atoms. The highest BCUT2D eigenvalue weighted by molar-refractivity contribution is 5.79. The first-order valence-corrected chi connectivity index (χ1v) is 8.56. The van der Waals surface area contributed by atoms with Crippen LogP contribution in [-0.4, -0.2) is 41.8 Å². The molecule has 6 nitrogen and oxygen atoms in total. The molecule has 1 unspecified atom stereocenters. The maximum Gasteiger partial charge on any atom is 0.227 e. The molecule has 0 aliphatic carbocycles. The Labute approximate surface area is 147 Å². The van der Waals surface area contributed by atoms with E-state index in [1.54, 1.807) is 0 Å². The molecular weight excluding hydrogens is 320 g/mol. The van der Waals surface area contributed by atoms with E-state index in [0.717, 1.165) is 28.3 Å². The quantitative estimate of drug-likeness (QED) is 0.834. The van der Waals surface area contributed by atoms with Crippen molar-refractivity contribution in [3.8, 4) is 5.75 Å². The van der Waals surface area contributed by atoms with Crippen molar-refractivity contribution in [3.63, 3.8) is 0 Å². The lowest BCUT2D eigenvalue weighted by Crippen LogP contribution is -2.45. The van der Waals surface area contributed by atoms with Crippen LogP contribution in [0.15, 0.2) is 28.8 Å². The highest BCUT2D eigenvalue weighted by atomic mass is 16.5. The lowest BCUT2D eigenvalue weighted by atomic mass is 10.1. The van der Waals surface area contributed by atoms with Crippen LogP contribution in [0.4, 0.5) is 0 Å². The summed E-state index contributed by atoms with van der Waals surface area (Å²) in [5, 5.41) is 3.92. The predicted molar refractivity (Wildman–Crippen MR) is 92.4 cm³/mol. The van der Waals surface area contributed by atoms with Gasteiger partial charge in [0.15, 0.2) is 0 Å². The second kappa shape index (κ2) is 7.70. The highest BCUT2D eigenvalue weighted by Crippen LogP contribution is 2.18. The molecular formula is C19H24N2O4. The number of aryl methyl sites for hydroxylation is 2. The summed E-state index contributed by atoms with van der Waals surface area (Å²) >= 11 is 0. The van der Waals surface area contributed by atoms with Crippen molar-refractivity contribution in [3.05, 3.63) is 46.8 Å². The molecule has 1 atom stereocenters. The van der Waals surface area contributed by atoms with Gasteiger partial charge in [-0.15, -0.1) is 0 Å². The van der Waals surface area contributed by atoms with Gasteiger partial charge >= 0.3 is 0 Å². The van der Waals surface area contributed by atoms with Crippen LogP contribution in [0.5, 0.6) is 5.75 Å². The minimum atomic E-state index is 0.109. The summed E-state index contributed by atoms with van der Waals surface area (Å²) in [4.78, 5) is 14.2. The maximum absolute atomic E-state index is 12.4. The van der Waals surface area contributed by atoms with Gasteiger partial charge in [-0.25, -0.2) is 0 Å². The largest absolute Gasteiger partial charge is 0.489 e. The first kappa shape index (κ1) is 17.5. The van der Waals surface area contributed by atoms with Crippen molar-refractivity contribution in [2.75, 3.05) is 19.7 Å². The van der Waals surface area contributed by atoms with Crippen molar-refractivity contribution >= 4 is 5.91 Å². The molecule has 0 bridgehead atoms. The topological polar surface area (TPSA) is 64.8 Å². The van der Waals surface area contributed by atoms with Crippen molar-refractivity contribution in [2.45, 2.75) is 39.9 Å². The van der Waals surface area contributed by atoms with E-state index in [2.05, 4.69) is 5.16 Å². The lowest BCUT2D eigenvalue weighted by molar-refractivity contribution is -0.137. The van der Waals surface area contributed by atoms with Gasteiger partial charge in [0.1, 0.15) is 18.1 Å². The minimum Gasteiger partial charge on any atom is -0.489 e. The molecule has 0 spiro atoms. The van der Waals surface area contributed by atoms with Crippen molar-refractivity contribution < 1.29 is 18.8 Å². The number of rotatable bonds is 5. The number of hydrogen-bond acceptors (Lipinski definition) is 5. The van der Waals surface area contributed by atoms with E-state index >= 15 is 0 Å². The van der Waals surface area contributed by atoms with E-state index in [1.165, 1.54) is 0 Å². The number of amides is 1. The highest BCUT2D eigenvalue weighted by Gasteiger charge is 2.21. The van der Waals surface area contributed by atoms with Crippen LogP contribution in [0.3, 0.4) is 0 Å². The molecule has 1 aromatic heterocycles. The number of aromatic nitrogens is 1. The van der Waals surface area contributed by atoms with Crippen LogP contribution in [0, 0.1) is 13.8 Å². The van der Waals surface area contributed by atoms with Gasteiger partial charge in [0.25, 0.3) is 0 Å². The van der Waals surface area contributed by atoms with Crippen molar-refractivity contribution in [1.29, 1.82) is 0 Å². The van der Waals surface area contributed by atoms with E-state index in [9.17, 15) is 4.79 Å². The molecule has 2 aromatic rings. The number of ether oxygens (including phenoxy) is 2. The fraction of sp³-hybridized carbons (Fsp3) is 0.474. The number of hydrogen-bond donors (Lipinski definition) is 0. The van der Waals surface area contributed by atoms with Gasteiger partial charge in [-0.05, 0) is 38.5 Å². The third-order valence-electron chi connectivity index (χ3n) is 4.44. The SMILES string of the molecule is Cc1noc(C)c1COc1ccc(CC(=O)N2CCOC(C)C2)cc1. The summed E-state index contributed by atoms with van der Waals surface area (Å²) in [6, 6.07) is 7.65. The molecule has 134 valence electrons. The van der Waals surface area contributed by atoms with Crippen LogP contribution < -0.4 is 4.74 Å². The van der Waals surface area contributed by atoms with Crippen LogP contribution >= 0.6 is 0 Å². The Morgan fingerprint density at radius 3 is 2.72 bits per heavy atom. The second-order valence-corrected chi connectivity index (χ2v) is 6.43. The molecule has 3 rings (SSSR count). The van der Waals surface area contributed by atoms with E-state index in [-0.39, 0.29) is 12.0 Å². The Bertz CT molecular complexity index is 704. The summed E-state index contributed by atoms with van der Waals surface area (Å²) in [5.74, 6) is 1.68. The first-order valence-electron chi connectivity index (χ1n) is 8.56. The van der Waals surface area contributed by atoms with Gasteiger partial charge in [0, 0.05) is 13.1 Å². The molecule has 2 heterocycles. The van der Waals surface area contributed by atoms with Gasteiger partial charge in [-0.1, -0.05) is 17.3 Å². The molecule has 1 fully saturated rings. The normalized spacial score (nSPS) is 17.6. The Balaban J connectivity index is 1.54. The number of morpholine rings is 1. The number of nitrogens with zero attached hydrogens (tertiary/aromatic N) is 2. The fourth-order valence-corrected chi connectivity index (χ4v) is 2.90. The molecule has 1 saturated heterocycles. The van der Waals surface area contributed by atoms with E-state index in [0.29, 0.717) is 32.7 Å². The predicted octanol–water partition coefficient (Wildman–Crippen LogP) is 2.66. The van der Waals surface area contributed by atoms with Crippen molar-refractivity contribution in [1.82, 2.24) is 10.1 Å². The summed E-state index contributed by atoms with van der Waals surface area (Å²) in [5.41, 5.74) is 2.80. The number of carbonyl (C=O) groups is 1. The molecule has 1 aliphatic rings. The molecule has 6 heteroatoms. The van der Waals surface area contributed by atoms with E-state index in [1.807, 2.05) is 49.9 Å². The zero-order valence-electron chi connectivity index (χ0n) is 14.9. The van der Waals surface area contributed by atoms with Gasteiger partial charge in [0.05, 0.1) is 30.4 Å². The number of carbonyl (C=O) groups excluding carboxylic acids is 1. The first-order chi connectivity index (χ1) is 12.0. The minimum absolute atomic E-state index is 0.109. The Morgan fingerprint density at radius 1 is 1.32 bits per heavy atom. The molecule has 1 aromatic carbocycles. The molecule has 1 aliphatic heterocycles. The summed E-state index contributed by atoms with van der Waals surface area (Å²) in [6.45, 7) is 8.13. The van der Waals surface area contributed by atoms with Crippen LogP contribution in [0.2, 0.25) is 0 Å². The van der Waals surface area contributed by atoms with Crippen LogP contribution in [0.25, 0.3) is 0 Å². The zero-order chi connectivity index (χ0) is 17.8. The van der Waals surface area contributed by atoms with Crippen LogP contribution in [0.1, 0.15) is 29.5 Å². The van der Waals surface area contributed by atoms with Gasteiger partial charge < -0.3 is 18.9 Å². The number of benzene rings is 1. The zero-order valence-corrected chi connectivity index (χ0v) is 14.9. The Morgan fingerprint density at radius 2 is 2.08 bits per heavy atom. The Hall–Kier alpha value is -2.34. The third-order valence-corrected chi connectivity index (χ3v) is 4.44. The van der Waals surface area contributed by atoms with Gasteiger partial charge in [-0.2, -0.15) is 0 Å². The lowest BCUT2D eigenvalue weighted by Gasteiger charge is -2.31. The monoisotopic (exact) mass is 344 g/mol. The Kier molecular flexibility index (Phi) is 5.38. The van der Waals surface area contributed by atoms with Crippen LogP contribution in [-0.2, 0) is 22.6 Å². The third kappa shape index (κ3) is 4.39. The average Bonchev–Trinajstić information content (AvgIpc) is 2.92. The molecule has 1 amide bonds. The van der Waals surface area contributed by atoms with Gasteiger partial charge in [0.2, 0.25) is 5.91 Å². The summed E-state index contributed by atoms with van der Waals surface area (Å²) in [6.07, 6.45) is 0.509. The van der Waals surface area contributed by atoms with Crippen molar-refractivity contribution in [2.24, 2.45) is 0 Å². The fourth-order valence-electron chi connectivity index (χ4n) is 2.90.